The van der Waals surface area contributed by atoms with E-state index in [-0.39, 0.29) is 17.5 Å². The topological polar surface area (TPSA) is 73.3 Å². The third kappa shape index (κ3) is 3.17. The molecule has 0 N–H and O–H groups in total. The average Bonchev–Trinajstić information content (AvgIpc) is 3.20. The highest BCUT2D eigenvalue weighted by Gasteiger charge is 2.31. The Balaban J connectivity index is 1.66. The van der Waals surface area contributed by atoms with Gasteiger partial charge in [0, 0.05) is 26.1 Å². The van der Waals surface area contributed by atoms with Crippen LogP contribution in [0.15, 0.2) is 45.6 Å². The van der Waals surface area contributed by atoms with E-state index in [0.29, 0.717) is 30.2 Å². The first kappa shape index (κ1) is 18.3. The van der Waals surface area contributed by atoms with Gasteiger partial charge >= 0.3 is 5.69 Å². The molecule has 1 aliphatic rings. The number of carbonyl (C=O) groups excluding carboxylic acids is 1. The molecule has 146 valence electrons. The summed E-state index contributed by atoms with van der Waals surface area (Å²) in [4.78, 5) is 27.5. The van der Waals surface area contributed by atoms with E-state index in [2.05, 4.69) is 5.10 Å². The molecule has 1 fully saturated rings. The van der Waals surface area contributed by atoms with Crippen LogP contribution in [0.25, 0.3) is 5.69 Å². The number of amides is 1. The number of nitrogens with zero attached hydrogens (tertiary/aromatic N) is 4. The standard InChI is InChI=1S/C21H24N4O3/c1-14-12-18(15(2)28-14)20(26)24-11-7-8-16(13-24)19-22-23(3)21(27)25(19)17-9-5-4-6-10-17/h4-6,9-10,12,16H,7-8,11,13H2,1-3H3/t16-/m0/s1. The van der Waals surface area contributed by atoms with Crippen molar-refractivity contribution in [3.8, 4) is 5.69 Å². The van der Waals surface area contributed by atoms with E-state index in [4.69, 9.17) is 4.42 Å². The Kier molecular flexibility index (Phi) is 4.66. The van der Waals surface area contributed by atoms with Gasteiger partial charge in [0.05, 0.1) is 11.3 Å². The van der Waals surface area contributed by atoms with Gasteiger partial charge in [0.1, 0.15) is 17.3 Å². The van der Waals surface area contributed by atoms with Crippen molar-refractivity contribution in [2.24, 2.45) is 7.05 Å². The number of aryl methyl sites for hydroxylation is 3. The van der Waals surface area contributed by atoms with Crippen molar-refractivity contribution >= 4 is 5.91 Å². The van der Waals surface area contributed by atoms with E-state index in [0.717, 1.165) is 24.3 Å². The van der Waals surface area contributed by atoms with Gasteiger partial charge in [0.25, 0.3) is 5.91 Å². The second-order valence-corrected chi connectivity index (χ2v) is 7.35. The highest BCUT2D eigenvalue weighted by atomic mass is 16.3. The SMILES string of the molecule is Cc1cc(C(=O)N2CCC[C@H](c3nn(C)c(=O)n3-c3ccccc3)C2)c(C)o1. The molecule has 3 heterocycles. The first-order valence-electron chi connectivity index (χ1n) is 9.53. The Morgan fingerprint density at radius 3 is 2.64 bits per heavy atom. The number of aromatic nitrogens is 3. The van der Waals surface area contributed by atoms with Gasteiger partial charge in [-0.1, -0.05) is 18.2 Å². The quantitative estimate of drug-likeness (QED) is 0.700. The van der Waals surface area contributed by atoms with Gasteiger partial charge in [-0.3, -0.25) is 4.79 Å². The molecule has 7 nitrogen and oxygen atoms in total. The van der Waals surface area contributed by atoms with Crippen LogP contribution in [0.2, 0.25) is 0 Å². The molecular weight excluding hydrogens is 356 g/mol. The lowest BCUT2D eigenvalue weighted by Crippen LogP contribution is -2.40. The van der Waals surface area contributed by atoms with Crippen LogP contribution in [-0.2, 0) is 7.05 Å². The minimum Gasteiger partial charge on any atom is -0.466 e. The molecule has 28 heavy (non-hydrogen) atoms. The summed E-state index contributed by atoms with van der Waals surface area (Å²) in [6, 6.07) is 11.3. The minimum atomic E-state index is -0.175. The fourth-order valence-electron chi connectivity index (χ4n) is 3.95. The van der Waals surface area contributed by atoms with Gasteiger partial charge in [0.15, 0.2) is 0 Å². The molecular formula is C21H24N4O3. The molecule has 0 bridgehead atoms. The molecule has 1 aromatic carbocycles. The molecule has 0 aliphatic carbocycles. The first-order chi connectivity index (χ1) is 13.5. The zero-order valence-electron chi connectivity index (χ0n) is 16.4. The summed E-state index contributed by atoms with van der Waals surface area (Å²) in [5, 5.41) is 4.51. The number of piperidine rings is 1. The smallest absolute Gasteiger partial charge is 0.350 e. The van der Waals surface area contributed by atoms with Crippen molar-refractivity contribution in [1.29, 1.82) is 0 Å². The summed E-state index contributed by atoms with van der Waals surface area (Å²) < 4.78 is 8.55. The van der Waals surface area contributed by atoms with Crippen LogP contribution in [0.3, 0.4) is 0 Å². The predicted octanol–water partition coefficient (Wildman–Crippen LogP) is 2.80. The average molecular weight is 380 g/mol. The summed E-state index contributed by atoms with van der Waals surface area (Å²) in [5.41, 5.74) is 1.23. The van der Waals surface area contributed by atoms with Crippen LogP contribution < -0.4 is 5.69 Å². The number of para-hydroxylation sites is 1. The predicted molar refractivity (Wildman–Crippen MR) is 105 cm³/mol. The number of rotatable bonds is 3. The molecule has 0 unspecified atom stereocenters. The lowest BCUT2D eigenvalue weighted by atomic mass is 9.96. The third-order valence-electron chi connectivity index (χ3n) is 5.31. The Morgan fingerprint density at radius 2 is 1.96 bits per heavy atom. The minimum absolute atomic E-state index is 0.000102. The van der Waals surface area contributed by atoms with Gasteiger partial charge in [-0.25, -0.2) is 14.0 Å². The van der Waals surface area contributed by atoms with Crippen molar-refractivity contribution in [1.82, 2.24) is 19.2 Å². The summed E-state index contributed by atoms with van der Waals surface area (Å²) in [6.07, 6.45) is 1.75. The Hall–Kier alpha value is -3.09. The van der Waals surface area contributed by atoms with Crippen molar-refractivity contribution in [3.63, 3.8) is 0 Å². The van der Waals surface area contributed by atoms with Crippen LogP contribution in [0, 0.1) is 13.8 Å². The van der Waals surface area contributed by atoms with Gasteiger partial charge in [-0.05, 0) is 44.9 Å². The van der Waals surface area contributed by atoms with E-state index in [9.17, 15) is 9.59 Å². The second kappa shape index (κ2) is 7.14. The van der Waals surface area contributed by atoms with Crippen LogP contribution >= 0.6 is 0 Å². The van der Waals surface area contributed by atoms with Crippen LogP contribution in [0.5, 0.6) is 0 Å². The molecule has 0 spiro atoms. The van der Waals surface area contributed by atoms with Gasteiger partial charge in [-0.15, -0.1) is 0 Å². The Bertz CT molecular complexity index is 1060. The molecule has 0 radical (unpaired) electrons. The van der Waals surface area contributed by atoms with E-state index < -0.39 is 0 Å². The lowest BCUT2D eigenvalue weighted by molar-refractivity contribution is 0.0702. The van der Waals surface area contributed by atoms with E-state index >= 15 is 0 Å². The fourth-order valence-corrected chi connectivity index (χ4v) is 3.95. The molecule has 1 atom stereocenters. The largest absolute Gasteiger partial charge is 0.466 e. The van der Waals surface area contributed by atoms with Gasteiger partial charge in [-0.2, -0.15) is 5.10 Å². The monoisotopic (exact) mass is 380 g/mol. The van der Waals surface area contributed by atoms with E-state index in [1.165, 1.54) is 4.68 Å². The van der Waals surface area contributed by atoms with Crippen LogP contribution in [0.4, 0.5) is 0 Å². The van der Waals surface area contributed by atoms with Crippen molar-refractivity contribution < 1.29 is 9.21 Å². The van der Waals surface area contributed by atoms with Crippen LogP contribution in [0.1, 0.15) is 46.5 Å². The maximum atomic E-state index is 13.0. The maximum absolute atomic E-state index is 13.0. The molecule has 0 saturated carbocycles. The summed E-state index contributed by atoms with van der Waals surface area (Å²) in [5.74, 6) is 2.06. The molecule has 1 aliphatic heterocycles. The number of hydrogen-bond donors (Lipinski definition) is 0. The second-order valence-electron chi connectivity index (χ2n) is 7.35. The molecule has 3 aromatic rings. The number of benzene rings is 1. The normalized spacial score (nSPS) is 17.1. The molecule has 2 aromatic heterocycles. The zero-order valence-corrected chi connectivity index (χ0v) is 16.4. The lowest BCUT2D eigenvalue weighted by Gasteiger charge is -2.32. The van der Waals surface area contributed by atoms with Crippen molar-refractivity contribution in [3.05, 3.63) is 69.8 Å². The highest BCUT2D eigenvalue weighted by Crippen LogP contribution is 2.28. The van der Waals surface area contributed by atoms with Crippen molar-refractivity contribution in [2.45, 2.75) is 32.6 Å². The van der Waals surface area contributed by atoms with E-state index in [1.54, 1.807) is 17.7 Å². The maximum Gasteiger partial charge on any atom is 0.350 e. The Labute approximate surface area is 163 Å². The number of hydrogen-bond acceptors (Lipinski definition) is 4. The number of carbonyl (C=O) groups is 1. The molecule has 1 saturated heterocycles. The molecule has 1 amide bonds. The number of furan rings is 1. The summed E-state index contributed by atoms with van der Waals surface area (Å²) >= 11 is 0. The summed E-state index contributed by atoms with van der Waals surface area (Å²) in [6.45, 7) is 4.88. The molecule has 4 rings (SSSR count). The van der Waals surface area contributed by atoms with E-state index in [1.807, 2.05) is 49.1 Å². The number of likely N-dealkylation sites (tertiary alicyclic amines) is 1. The van der Waals surface area contributed by atoms with Gasteiger partial charge in [0.2, 0.25) is 0 Å². The van der Waals surface area contributed by atoms with Gasteiger partial charge < -0.3 is 9.32 Å². The zero-order chi connectivity index (χ0) is 19.8. The first-order valence-corrected chi connectivity index (χ1v) is 9.53. The highest BCUT2D eigenvalue weighted by molar-refractivity contribution is 5.95. The third-order valence-corrected chi connectivity index (χ3v) is 5.31. The van der Waals surface area contributed by atoms with Crippen LogP contribution in [-0.4, -0.2) is 38.2 Å². The molecule has 7 heteroatoms. The van der Waals surface area contributed by atoms with Crippen molar-refractivity contribution in [2.75, 3.05) is 13.1 Å². The Morgan fingerprint density at radius 1 is 1.21 bits per heavy atom. The summed E-state index contributed by atoms with van der Waals surface area (Å²) in [7, 11) is 1.66. The fraction of sp³-hybridized carbons (Fsp3) is 0.381.